The summed E-state index contributed by atoms with van der Waals surface area (Å²) >= 11 is 9.31. The van der Waals surface area contributed by atoms with Crippen molar-refractivity contribution < 1.29 is 0 Å². The molecule has 4 nitrogen and oxygen atoms in total. The molecule has 17 heavy (non-hydrogen) atoms. The summed E-state index contributed by atoms with van der Waals surface area (Å²) in [6, 6.07) is 0. The van der Waals surface area contributed by atoms with Crippen LogP contribution in [0.4, 0.5) is 5.82 Å². The van der Waals surface area contributed by atoms with Gasteiger partial charge in [-0.25, -0.2) is 4.98 Å². The molecule has 1 saturated heterocycles. The number of hydrogen-bond acceptors (Lipinski definition) is 4. The molecule has 0 atom stereocenters. The molecular formula is C11H16BrClN4. The number of aromatic nitrogens is 2. The van der Waals surface area contributed by atoms with Crippen LogP contribution in [-0.4, -0.2) is 47.6 Å². The molecular weight excluding hydrogens is 304 g/mol. The highest BCUT2D eigenvalue weighted by molar-refractivity contribution is 9.10. The maximum atomic E-state index is 5.83. The first-order chi connectivity index (χ1) is 8.20. The van der Waals surface area contributed by atoms with E-state index in [4.69, 9.17) is 11.6 Å². The van der Waals surface area contributed by atoms with Crippen LogP contribution in [0.2, 0.25) is 5.28 Å². The number of hydrogen-bond donors (Lipinski definition) is 0. The molecule has 1 aliphatic rings. The van der Waals surface area contributed by atoms with Gasteiger partial charge in [0.2, 0.25) is 5.28 Å². The van der Waals surface area contributed by atoms with Gasteiger partial charge in [0.25, 0.3) is 0 Å². The molecule has 1 aliphatic heterocycles. The molecule has 0 amide bonds. The summed E-state index contributed by atoms with van der Waals surface area (Å²) in [7, 11) is 0. The maximum Gasteiger partial charge on any atom is 0.224 e. The van der Waals surface area contributed by atoms with E-state index in [1.54, 1.807) is 6.20 Å². The van der Waals surface area contributed by atoms with E-state index in [-0.39, 0.29) is 0 Å². The van der Waals surface area contributed by atoms with Gasteiger partial charge in [0.1, 0.15) is 5.82 Å². The summed E-state index contributed by atoms with van der Waals surface area (Å²) in [5, 5.41) is 0.305. The first-order valence-corrected chi connectivity index (χ1v) is 7.03. The highest BCUT2D eigenvalue weighted by atomic mass is 79.9. The van der Waals surface area contributed by atoms with Gasteiger partial charge in [0.05, 0.1) is 4.47 Å². The van der Waals surface area contributed by atoms with E-state index in [9.17, 15) is 0 Å². The van der Waals surface area contributed by atoms with Crippen LogP contribution in [0, 0.1) is 0 Å². The third kappa shape index (κ3) is 3.30. The van der Waals surface area contributed by atoms with Crippen molar-refractivity contribution in [2.24, 2.45) is 0 Å². The second kappa shape index (κ2) is 5.98. The molecule has 0 aliphatic carbocycles. The number of rotatable bonds is 3. The fourth-order valence-electron chi connectivity index (χ4n) is 2.06. The van der Waals surface area contributed by atoms with Crippen LogP contribution in [0.1, 0.15) is 13.3 Å². The van der Waals surface area contributed by atoms with Crippen molar-refractivity contribution in [1.29, 1.82) is 0 Å². The molecule has 0 spiro atoms. The molecule has 0 bridgehead atoms. The lowest BCUT2D eigenvalue weighted by molar-refractivity contribution is 0.258. The van der Waals surface area contributed by atoms with E-state index in [1.807, 2.05) is 0 Å². The Morgan fingerprint density at radius 2 is 2.06 bits per heavy atom. The smallest absolute Gasteiger partial charge is 0.224 e. The van der Waals surface area contributed by atoms with E-state index in [1.165, 1.54) is 13.0 Å². The summed E-state index contributed by atoms with van der Waals surface area (Å²) in [4.78, 5) is 13.0. The van der Waals surface area contributed by atoms with Crippen LogP contribution < -0.4 is 4.90 Å². The highest BCUT2D eigenvalue weighted by Gasteiger charge is 2.19. The van der Waals surface area contributed by atoms with Crippen LogP contribution in [0.3, 0.4) is 0 Å². The topological polar surface area (TPSA) is 32.3 Å². The van der Waals surface area contributed by atoms with Gasteiger partial charge in [-0.3, -0.25) is 4.90 Å². The lowest BCUT2D eigenvalue weighted by Gasteiger charge is -2.35. The highest BCUT2D eigenvalue weighted by Crippen LogP contribution is 2.25. The lowest BCUT2D eigenvalue weighted by atomic mass is 10.3. The Bertz CT molecular complexity index is 380. The minimum atomic E-state index is 0.305. The Hall–Kier alpha value is -0.390. The Labute approximate surface area is 115 Å². The van der Waals surface area contributed by atoms with Crippen molar-refractivity contribution in [3.8, 4) is 0 Å². The summed E-state index contributed by atoms with van der Waals surface area (Å²) in [5.41, 5.74) is 0. The zero-order valence-corrected chi connectivity index (χ0v) is 12.2. The zero-order chi connectivity index (χ0) is 12.3. The van der Waals surface area contributed by atoms with E-state index < -0.39 is 0 Å². The molecule has 2 heterocycles. The third-order valence-electron chi connectivity index (χ3n) is 2.91. The van der Waals surface area contributed by atoms with Crippen molar-refractivity contribution in [2.75, 3.05) is 37.6 Å². The standard InChI is InChI=1S/C11H16BrClN4/c1-2-3-16-4-6-17(7-5-16)10-9(12)8-14-11(13)15-10/h8H,2-7H2,1H3. The molecule has 2 rings (SSSR count). The van der Waals surface area contributed by atoms with Crippen molar-refractivity contribution in [1.82, 2.24) is 14.9 Å². The van der Waals surface area contributed by atoms with Gasteiger partial charge in [-0.1, -0.05) is 6.92 Å². The molecule has 1 fully saturated rings. The normalized spacial score (nSPS) is 17.5. The second-order valence-corrected chi connectivity index (χ2v) is 5.33. The predicted molar refractivity (Wildman–Crippen MR) is 73.7 cm³/mol. The van der Waals surface area contributed by atoms with Crippen LogP contribution in [0.25, 0.3) is 0 Å². The van der Waals surface area contributed by atoms with Gasteiger partial charge in [-0.2, -0.15) is 4.98 Å². The van der Waals surface area contributed by atoms with E-state index in [0.717, 1.165) is 36.5 Å². The SMILES string of the molecule is CCCN1CCN(c2nc(Cl)ncc2Br)CC1. The first-order valence-electron chi connectivity index (χ1n) is 5.86. The number of anilines is 1. The van der Waals surface area contributed by atoms with E-state index in [2.05, 4.69) is 42.6 Å². The lowest BCUT2D eigenvalue weighted by Crippen LogP contribution is -2.47. The quantitative estimate of drug-likeness (QED) is 0.801. The van der Waals surface area contributed by atoms with Gasteiger partial charge < -0.3 is 4.90 Å². The molecule has 1 aromatic heterocycles. The number of nitrogens with zero attached hydrogens (tertiary/aromatic N) is 4. The number of piperazine rings is 1. The Morgan fingerprint density at radius 3 is 2.71 bits per heavy atom. The molecule has 0 unspecified atom stereocenters. The summed E-state index contributed by atoms with van der Waals surface area (Å²) in [6.07, 6.45) is 2.92. The van der Waals surface area contributed by atoms with E-state index >= 15 is 0 Å². The van der Waals surface area contributed by atoms with E-state index in [0.29, 0.717) is 5.28 Å². The van der Waals surface area contributed by atoms with Gasteiger partial charge >= 0.3 is 0 Å². The summed E-state index contributed by atoms with van der Waals surface area (Å²) < 4.78 is 0.908. The third-order valence-corrected chi connectivity index (χ3v) is 3.65. The fourth-order valence-corrected chi connectivity index (χ4v) is 2.63. The molecule has 6 heteroatoms. The van der Waals surface area contributed by atoms with Gasteiger partial charge in [0.15, 0.2) is 0 Å². The van der Waals surface area contributed by atoms with Crippen molar-refractivity contribution >= 4 is 33.3 Å². The minimum absolute atomic E-state index is 0.305. The fraction of sp³-hybridized carbons (Fsp3) is 0.636. The monoisotopic (exact) mass is 318 g/mol. The van der Waals surface area contributed by atoms with Gasteiger partial charge in [0, 0.05) is 32.4 Å². The Balaban J connectivity index is 2.02. The molecule has 0 saturated carbocycles. The van der Waals surface area contributed by atoms with Crippen molar-refractivity contribution in [3.63, 3.8) is 0 Å². The maximum absolute atomic E-state index is 5.83. The average molecular weight is 320 g/mol. The van der Waals surface area contributed by atoms with Crippen LogP contribution in [-0.2, 0) is 0 Å². The average Bonchev–Trinajstić information content (AvgIpc) is 2.34. The molecule has 0 radical (unpaired) electrons. The zero-order valence-electron chi connectivity index (χ0n) is 9.86. The molecule has 0 aromatic carbocycles. The molecule has 0 N–H and O–H groups in total. The first kappa shape index (κ1) is 13.1. The van der Waals surface area contributed by atoms with Crippen molar-refractivity contribution in [2.45, 2.75) is 13.3 Å². The molecule has 94 valence electrons. The van der Waals surface area contributed by atoms with Gasteiger partial charge in [-0.05, 0) is 40.5 Å². The summed E-state index contributed by atoms with van der Waals surface area (Å²) in [6.45, 7) is 7.55. The Morgan fingerprint density at radius 1 is 1.35 bits per heavy atom. The predicted octanol–water partition coefficient (Wildman–Crippen LogP) is 2.42. The van der Waals surface area contributed by atoms with Gasteiger partial charge in [-0.15, -0.1) is 0 Å². The van der Waals surface area contributed by atoms with Crippen molar-refractivity contribution in [3.05, 3.63) is 16.0 Å². The second-order valence-electron chi connectivity index (χ2n) is 4.14. The Kier molecular flexibility index (Phi) is 4.59. The molecule has 1 aromatic rings. The number of halogens is 2. The largest absolute Gasteiger partial charge is 0.353 e. The van der Waals surface area contributed by atoms with Crippen LogP contribution in [0.5, 0.6) is 0 Å². The summed E-state index contributed by atoms with van der Waals surface area (Å²) in [5.74, 6) is 0.904. The van der Waals surface area contributed by atoms with Crippen LogP contribution in [0.15, 0.2) is 10.7 Å². The minimum Gasteiger partial charge on any atom is -0.353 e. The van der Waals surface area contributed by atoms with Crippen LogP contribution >= 0.6 is 27.5 Å².